The Morgan fingerprint density at radius 2 is 2.08 bits per heavy atom. The molecule has 1 unspecified atom stereocenters. The number of carbonyl (C=O) groups excluding carboxylic acids is 1. The van der Waals surface area contributed by atoms with Gasteiger partial charge in [0.25, 0.3) is 0 Å². The monoisotopic (exact) mass is 323 g/mol. The zero-order valence-corrected chi connectivity index (χ0v) is 14.2. The summed E-state index contributed by atoms with van der Waals surface area (Å²) in [4.78, 5) is 18.3. The minimum absolute atomic E-state index is 0.274. The van der Waals surface area contributed by atoms with E-state index in [0.717, 1.165) is 30.9 Å². The number of nitrogens with two attached hydrogens (primary N) is 1. The van der Waals surface area contributed by atoms with Crippen molar-refractivity contribution in [1.82, 2.24) is 9.88 Å². The highest BCUT2D eigenvalue weighted by Gasteiger charge is 2.27. The molecule has 1 fully saturated rings. The Labute approximate surface area is 143 Å². The summed E-state index contributed by atoms with van der Waals surface area (Å²) >= 11 is 0. The Morgan fingerprint density at radius 3 is 2.88 bits per heavy atom. The van der Waals surface area contributed by atoms with Crippen LogP contribution in [0.5, 0.6) is 0 Å². The smallest absolute Gasteiger partial charge is 0.217 e. The molecule has 126 valence electrons. The fraction of sp³-hybridized carbons (Fsp3) is 0.400. The number of nitrogens with zero attached hydrogens (tertiary/aromatic N) is 2. The van der Waals surface area contributed by atoms with Gasteiger partial charge in [0, 0.05) is 18.7 Å². The second kappa shape index (κ2) is 7.58. The third-order valence-corrected chi connectivity index (χ3v) is 4.80. The maximum absolute atomic E-state index is 11.0. The molecule has 4 heteroatoms. The number of carbonyl (C=O) groups is 1. The lowest BCUT2D eigenvalue weighted by Gasteiger charge is -2.25. The number of pyridine rings is 1. The van der Waals surface area contributed by atoms with Crippen molar-refractivity contribution in [2.45, 2.75) is 45.2 Å². The summed E-state index contributed by atoms with van der Waals surface area (Å²) in [5.74, 6) is -0.274. The number of amides is 1. The van der Waals surface area contributed by atoms with Gasteiger partial charge < -0.3 is 5.73 Å². The van der Waals surface area contributed by atoms with Gasteiger partial charge in [0.15, 0.2) is 0 Å². The van der Waals surface area contributed by atoms with Crippen molar-refractivity contribution in [2.75, 3.05) is 6.54 Å². The highest BCUT2D eigenvalue weighted by Crippen LogP contribution is 2.32. The molecule has 0 radical (unpaired) electrons. The summed E-state index contributed by atoms with van der Waals surface area (Å²) in [7, 11) is 0. The maximum atomic E-state index is 11.0. The van der Waals surface area contributed by atoms with Crippen LogP contribution in [0, 0.1) is 6.92 Å². The van der Waals surface area contributed by atoms with E-state index >= 15 is 0 Å². The third kappa shape index (κ3) is 4.01. The zero-order chi connectivity index (χ0) is 16.9. The van der Waals surface area contributed by atoms with Gasteiger partial charge >= 0.3 is 0 Å². The number of hydrogen-bond acceptors (Lipinski definition) is 3. The largest absolute Gasteiger partial charge is 0.370 e. The molecule has 4 nitrogen and oxygen atoms in total. The van der Waals surface area contributed by atoms with Crippen LogP contribution in [-0.2, 0) is 17.8 Å². The van der Waals surface area contributed by atoms with E-state index in [1.165, 1.54) is 17.5 Å². The van der Waals surface area contributed by atoms with Crippen molar-refractivity contribution in [2.24, 2.45) is 5.73 Å². The molecule has 2 N–H and O–H groups in total. The first-order chi connectivity index (χ1) is 11.6. The molecule has 3 rings (SSSR count). The number of hydrogen-bond donors (Lipinski definition) is 1. The van der Waals surface area contributed by atoms with Crippen molar-refractivity contribution in [3.63, 3.8) is 0 Å². The van der Waals surface area contributed by atoms with Crippen LogP contribution in [0.25, 0.3) is 0 Å². The van der Waals surface area contributed by atoms with Gasteiger partial charge in [-0.2, -0.15) is 0 Å². The lowest BCUT2D eigenvalue weighted by Crippen LogP contribution is -2.24. The van der Waals surface area contributed by atoms with Gasteiger partial charge in [0.1, 0.15) is 0 Å². The number of rotatable bonds is 6. The number of aryl methyl sites for hydroxylation is 2. The first-order valence-electron chi connectivity index (χ1n) is 8.66. The minimum Gasteiger partial charge on any atom is -0.370 e. The quantitative estimate of drug-likeness (QED) is 0.888. The molecule has 2 heterocycles. The number of primary amides is 1. The summed E-state index contributed by atoms with van der Waals surface area (Å²) in [5, 5.41) is 0. The van der Waals surface area contributed by atoms with E-state index in [4.69, 9.17) is 10.7 Å². The fourth-order valence-electron chi connectivity index (χ4n) is 3.43. The Morgan fingerprint density at radius 1 is 1.25 bits per heavy atom. The van der Waals surface area contributed by atoms with E-state index in [1.54, 1.807) is 0 Å². The summed E-state index contributed by atoms with van der Waals surface area (Å²) in [5.41, 5.74) is 10.0. The number of aromatic nitrogens is 1. The second-order valence-corrected chi connectivity index (χ2v) is 6.58. The van der Waals surface area contributed by atoms with Gasteiger partial charge in [-0.15, -0.1) is 0 Å². The summed E-state index contributed by atoms with van der Waals surface area (Å²) in [6.45, 7) is 4.24. The predicted molar refractivity (Wildman–Crippen MR) is 95.3 cm³/mol. The van der Waals surface area contributed by atoms with Crippen LogP contribution < -0.4 is 5.73 Å². The minimum atomic E-state index is -0.274. The van der Waals surface area contributed by atoms with Crippen LogP contribution in [-0.4, -0.2) is 22.3 Å². The second-order valence-electron chi connectivity index (χ2n) is 6.58. The van der Waals surface area contributed by atoms with E-state index in [0.29, 0.717) is 18.9 Å². The Bertz CT molecular complexity index is 714. The normalized spacial score (nSPS) is 18.0. The molecule has 0 bridgehead atoms. The Kier molecular flexibility index (Phi) is 5.26. The molecule has 2 aromatic rings. The van der Waals surface area contributed by atoms with Crippen LogP contribution in [0.2, 0.25) is 0 Å². The zero-order valence-electron chi connectivity index (χ0n) is 14.2. The highest BCUT2D eigenvalue weighted by molar-refractivity contribution is 5.73. The van der Waals surface area contributed by atoms with Crippen molar-refractivity contribution < 1.29 is 4.79 Å². The first kappa shape index (κ1) is 16.7. The van der Waals surface area contributed by atoms with Gasteiger partial charge in [-0.25, -0.2) is 0 Å². The van der Waals surface area contributed by atoms with Crippen LogP contribution in [0.1, 0.15) is 47.8 Å². The average Bonchev–Trinajstić information content (AvgIpc) is 3.03. The van der Waals surface area contributed by atoms with E-state index in [2.05, 4.69) is 42.2 Å². The van der Waals surface area contributed by atoms with Crippen LogP contribution in [0.15, 0.2) is 42.5 Å². The van der Waals surface area contributed by atoms with Gasteiger partial charge in [-0.3, -0.25) is 14.7 Å². The van der Waals surface area contributed by atoms with Crippen molar-refractivity contribution in [1.29, 1.82) is 0 Å². The van der Waals surface area contributed by atoms with Gasteiger partial charge in [-0.1, -0.05) is 30.3 Å². The molecule has 1 aromatic heterocycles. The van der Waals surface area contributed by atoms with E-state index in [-0.39, 0.29) is 5.91 Å². The molecular weight excluding hydrogens is 298 g/mol. The molecule has 1 aliphatic rings. The summed E-state index contributed by atoms with van der Waals surface area (Å²) < 4.78 is 0. The number of benzene rings is 1. The molecule has 1 amide bonds. The Balaban J connectivity index is 1.74. The van der Waals surface area contributed by atoms with Gasteiger partial charge in [0.05, 0.1) is 11.7 Å². The number of likely N-dealkylation sites (tertiary alicyclic amines) is 1. The third-order valence-electron chi connectivity index (χ3n) is 4.80. The maximum Gasteiger partial charge on any atom is 0.217 e. The van der Waals surface area contributed by atoms with Gasteiger partial charge in [0.2, 0.25) is 5.91 Å². The lowest BCUT2D eigenvalue weighted by molar-refractivity contribution is -0.118. The summed E-state index contributed by atoms with van der Waals surface area (Å²) in [6, 6.07) is 15.1. The van der Waals surface area contributed by atoms with Crippen molar-refractivity contribution in [3.8, 4) is 0 Å². The molecule has 1 atom stereocenters. The van der Waals surface area contributed by atoms with Crippen LogP contribution >= 0.6 is 0 Å². The first-order valence-corrected chi connectivity index (χ1v) is 8.66. The molecule has 1 aromatic carbocycles. The average molecular weight is 323 g/mol. The van der Waals surface area contributed by atoms with E-state index in [1.807, 2.05) is 12.1 Å². The molecular formula is C20H25N3O. The molecule has 1 saturated heterocycles. The SMILES string of the molecule is Cc1ccccc1CN1CCCC1c1cccc(CCC(N)=O)n1. The standard InChI is InChI=1S/C20H25N3O/c1-15-6-2-3-7-16(15)14-23-13-5-10-19(23)18-9-4-8-17(22-18)11-12-20(21)24/h2-4,6-9,19H,5,10-14H2,1H3,(H2,21,24). The molecule has 24 heavy (non-hydrogen) atoms. The highest BCUT2D eigenvalue weighted by atomic mass is 16.1. The molecule has 0 saturated carbocycles. The van der Waals surface area contributed by atoms with Crippen LogP contribution in [0.3, 0.4) is 0 Å². The molecule has 0 aliphatic carbocycles. The van der Waals surface area contributed by atoms with Crippen molar-refractivity contribution in [3.05, 3.63) is 65.0 Å². The van der Waals surface area contributed by atoms with E-state index in [9.17, 15) is 4.79 Å². The van der Waals surface area contributed by atoms with Gasteiger partial charge in [-0.05, 0) is 56.0 Å². The Hall–Kier alpha value is -2.20. The van der Waals surface area contributed by atoms with E-state index < -0.39 is 0 Å². The fourth-order valence-corrected chi connectivity index (χ4v) is 3.43. The molecule has 1 aliphatic heterocycles. The topological polar surface area (TPSA) is 59.2 Å². The molecule has 0 spiro atoms. The predicted octanol–water partition coefficient (Wildman–Crippen LogP) is 3.15. The lowest BCUT2D eigenvalue weighted by atomic mass is 10.1. The summed E-state index contributed by atoms with van der Waals surface area (Å²) in [6.07, 6.45) is 3.31. The van der Waals surface area contributed by atoms with Crippen LogP contribution in [0.4, 0.5) is 0 Å². The van der Waals surface area contributed by atoms with Crippen molar-refractivity contribution >= 4 is 5.91 Å².